The SMILES string of the molecule is COc1cc2oc3c(c2cc1/C(C)=C/C(=O)NC(CCCNC(N)=O)C(=O)O)CCCC3. The predicted octanol–water partition coefficient (Wildman–Crippen LogP) is 2.74. The minimum Gasteiger partial charge on any atom is -0.496 e. The van der Waals surface area contributed by atoms with E-state index in [0.717, 1.165) is 48.0 Å². The maximum Gasteiger partial charge on any atom is 0.326 e. The molecule has 0 spiro atoms. The van der Waals surface area contributed by atoms with E-state index in [1.165, 1.54) is 11.6 Å². The number of carbonyl (C=O) groups excluding carboxylic acids is 2. The number of hydrogen-bond donors (Lipinski definition) is 4. The summed E-state index contributed by atoms with van der Waals surface area (Å²) in [6.45, 7) is 2.01. The monoisotopic (exact) mass is 443 g/mol. The number of amides is 3. The zero-order valence-electron chi connectivity index (χ0n) is 18.3. The lowest BCUT2D eigenvalue weighted by Gasteiger charge is -2.14. The first-order valence-corrected chi connectivity index (χ1v) is 10.7. The van der Waals surface area contributed by atoms with Crippen LogP contribution in [0, 0.1) is 0 Å². The lowest BCUT2D eigenvalue weighted by molar-refractivity contribution is -0.141. The van der Waals surface area contributed by atoms with Gasteiger partial charge in [-0.25, -0.2) is 9.59 Å². The van der Waals surface area contributed by atoms with Crippen LogP contribution in [-0.2, 0) is 22.4 Å². The molecule has 1 aliphatic rings. The van der Waals surface area contributed by atoms with Crippen molar-refractivity contribution in [1.29, 1.82) is 0 Å². The smallest absolute Gasteiger partial charge is 0.326 e. The Morgan fingerprint density at radius 1 is 1.28 bits per heavy atom. The van der Waals surface area contributed by atoms with Gasteiger partial charge in [0.2, 0.25) is 5.91 Å². The summed E-state index contributed by atoms with van der Waals surface area (Å²) in [5.41, 5.74) is 8.37. The van der Waals surface area contributed by atoms with E-state index in [0.29, 0.717) is 17.7 Å². The van der Waals surface area contributed by atoms with Crippen molar-refractivity contribution in [3.05, 3.63) is 35.1 Å². The molecule has 3 rings (SSSR count). The first-order chi connectivity index (χ1) is 15.3. The number of carbonyl (C=O) groups is 3. The average molecular weight is 444 g/mol. The van der Waals surface area contributed by atoms with Crippen LogP contribution < -0.4 is 21.1 Å². The summed E-state index contributed by atoms with van der Waals surface area (Å²) >= 11 is 0. The fourth-order valence-electron chi connectivity index (χ4n) is 4.03. The van der Waals surface area contributed by atoms with E-state index in [-0.39, 0.29) is 13.0 Å². The summed E-state index contributed by atoms with van der Waals surface area (Å²) in [4.78, 5) is 34.7. The molecule has 0 saturated heterocycles. The van der Waals surface area contributed by atoms with Crippen molar-refractivity contribution in [2.45, 2.75) is 51.5 Å². The zero-order valence-corrected chi connectivity index (χ0v) is 18.3. The van der Waals surface area contributed by atoms with Gasteiger partial charge in [0.05, 0.1) is 7.11 Å². The number of urea groups is 1. The Bertz CT molecular complexity index is 1060. The number of allylic oxidation sites excluding steroid dienone is 1. The molecule has 1 aromatic carbocycles. The number of furan rings is 1. The average Bonchev–Trinajstić information content (AvgIpc) is 3.12. The summed E-state index contributed by atoms with van der Waals surface area (Å²) in [6, 6.07) is 2.06. The molecule has 9 nitrogen and oxygen atoms in total. The number of hydrogen-bond acceptors (Lipinski definition) is 5. The van der Waals surface area contributed by atoms with Crippen LogP contribution in [0.3, 0.4) is 0 Å². The molecule has 2 aromatic rings. The van der Waals surface area contributed by atoms with Crippen LogP contribution in [0.15, 0.2) is 22.6 Å². The van der Waals surface area contributed by atoms with E-state index >= 15 is 0 Å². The van der Waals surface area contributed by atoms with Crippen molar-refractivity contribution < 1.29 is 28.6 Å². The Hall–Kier alpha value is -3.49. The molecule has 172 valence electrons. The fourth-order valence-corrected chi connectivity index (χ4v) is 4.03. The van der Waals surface area contributed by atoms with Gasteiger partial charge in [-0.15, -0.1) is 0 Å². The number of primary amides is 1. The second-order valence-corrected chi connectivity index (χ2v) is 7.92. The molecular weight excluding hydrogens is 414 g/mol. The molecule has 1 atom stereocenters. The first-order valence-electron chi connectivity index (χ1n) is 10.7. The van der Waals surface area contributed by atoms with Gasteiger partial charge in [0, 0.05) is 41.6 Å². The number of carboxylic acid groups (broad SMARTS) is 1. The number of aryl methyl sites for hydroxylation is 2. The Morgan fingerprint density at radius 3 is 2.72 bits per heavy atom. The number of carboxylic acids is 1. The summed E-state index contributed by atoms with van der Waals surface area (Å²) in [7, 11) is 1.56. The molecule has 32 heavy (non-hydrogen) atoms. The van der Waals surface area contributed by atoms with Crippen LogP contribution in [0.1, 0.15) is 49.5 Å². The van der Waals surface area contributed by atoms with Gasteiger partial charge in [-0.2, -0.15) is 0 Å². The number of aliphatic carboxylic acids is 1. The predicted molar refractivity (Wildman–Crippen MR) is 119 cm³/mol. The number of fused-ring (bicyclic) bond motifs is 3. The number of nitrogens with one attached hydrogen (secondary N) is 2. The van der Waals surface area contributed by atoms with Gasteiger partial charge in [0.1, 0.15) is 23.1 Å². The van der Waals surface area contributed by atoms with Crippen molar-refractivity contribution in [2.75, 3.05) is 13.7 Å². The molecule has 1 heterocycles. The lowest BCUT2D eigenvalue weighted by atomic mass is 9.94. The molecule has 3 amide bonds. The van der Waals surface area contributed by atoms with Gasteiger partial charge in [0.25, 0.3) is 0 Å². The highest BCUT2D eigenvalue weighted by atomic mass is 16.5. The van der Waals surface area contributed by atoms with Gasteiger partial charge in [0.15, 0.2) is 0 Å². The molecule has 0 saturated carbocycles. The third-order valence-corrected chi connectivity index (χ3v) is 5.63. The van der Waals surface area contributed by atoms with E-state index in [4.69, 9.17) is 14.9 Å². The van der Waals surface area contributed by atoms with E-state index in [9.17, 15) is 19.5 Å². The molecule has 1 aliphatic carbocycles. The van der Waals surface area contributed by atoms with Crippen LogP contribution >= 0.6 is 0 Å². The molecule has 1 aromatic heterocycles. The fraction of sp³-hybridized carbons (Fsp3) is 0.435. The number of rotatable bonds is 9. The summed E-state index contributed by atoms with van der Waals surface area (Å²) in [6.07, 6.45) is 6.00. The lowest BCUT2D eigenvalue weighted by Crippen LogP contribution is -2.40. The Morgan fingerprint density at radius 2 is 2.03 bits per heavy atom. The van der Waals surface area contributed by atoms with Crippen LogP contribution in [0.4, 0.5) is 4.79 Å². The van der Waals surface area contributed by atoms with Gasteiger partial charge < -0.3 is 30.6 Å². The maximum atomic E-state index is 12.5. The van der Waals surface area contributed by atoms with Crippen molar-refractivity contribution >= 4 is 34.4 Å². The highest BCUT2D eigenvalue weighted by molar-refractivity contribution is 5.99. The molecule has 0 bridgehead atoms. The summed E-state index contributed by atoms with van der Waals surface area (Å²) in [5, 5.41) is 15.3. The Labute approximate surface area is 186 Å². The van der Waals surface area contributed by atoms with Crippen molar-refractivity contribution in [2.24, 2.45) is 5.73 Å². The van der Waals surface area contributed by atoms with Crippen molar-refractivity contribution in [3.63, 3.8) is 0 Å². The number of methoxy groups -OCH3 is 1. The van der Waals surface area contributed by atoms with Crippen molar-refractivity contribution in [3.8, 4) is 5.75 Å². The Kier molecular flexibility index (Phi) is 7.40. The van der Waals surface area contributed by atoms with Gasteiger partial charge in [-0.05, 0) is 50.7 Å². The van der Waals surface area contributed by atoms with E-state index < -0.39 is 23.9 Å². The third kappa shape index (κ3) is 5.40. The summed E-state index contributed by atoms with van der Waals surface area (Å²) in [5.74, 6) is -0.0703. The van der Waals surface area contributed by atoms with E-state index in [2.05, 4.69) is 10.6 Å². The quantitative estimate of drug-likeness (QED) is 0.346. The molecule has 0 aliphatic heterocycles. The standard InChI is InChI=1S/C23H29N3O6/c1-13(10-21(27)26-17(22(28)29)7-5-9-25-23(24)30)15-11-16-14-6-3-4-8-18(14)32-20(16)12-19(15)31-2/h10-12,17H,3-9H2,1-2H3,(H,26,27)(H,28,29)(H3,24,25,30)/b13-10+. The normalized spacial score (nSPS) is 14.5. The molecule has 1 unspecified atom stereocenters. The first kappa shape index (κ1) is 23.2. The maximum absolute atomic E-state index is 12.5. The largest absolute Gasteiger partial charge is 0.496 e. The van der Waals surface area contributed by atoms with Crippen LogP contribution in [0.2, 0.25) is 0 Å². The van der Waals surface area contributed by atoms with E-state index in [1.54, 1.807) is 14.0 Å². The van der Waals surface area contributed by atoms with E-state index in [1.807, 2.05) is 12.1 Å². The molecule has 9 heteroatoms. The van der Waals surface area contributed by atoms with Gasteiger partial charge >= 0.3 is 12.0 Å². The highest BCUT2D eigenvalue weighted by Crippen LogP contribution is 2.37. The third-order valence-electron chi connectivity index (χ3n) is 5.63. The molecule has 0 fully saturated rings. The summed E-state index contributed by atoms with van der Waals surface area (Å²) < 4.78 is 11.5. The topological polar surface area (TPSA) is 144 Å². The van der Waals surface area contributed by atoms with Crippen molar-refractivity contribution in [1.82, 2.24) is 10.6 Å². The second-order valence-electron chi connectivity index (χ2n) is 7.92. The van der Waals surface area contributed by atoms with Crippen LogP contribution in [0.5, 0.6) is 5.75 Å². The number of nitrogens with two attached hydrogens (primary N) is 1. The second kappa shape index (κ2) is 10.2. The highest BCUT2D eigenvalue weighted by Gasteiger charge is 2.21. The number of ether oxygens (including phenoxy) is 1. The minimum atomic E-state index is -1.15. The van der Waals surface area contributed by atoms with Crippen LogP contribution in [-0.4, -0.2) is 42.7 Å². The van der Waals surface area contributed by atoms with Crippen LogP contribution in [0.25, 0.3) is 16.5 Å². The minimum absolute atomic E-state index is 0.157. The van der Waals surface area contributed by atoms with Gasteiger partial charge in [-0.3, -0.25) is 4.79 Å². The molecule has 0 radical (unpaired) electrons. The molecule has 5 N–H and O–H groups in total. The van der Waals surface area contributed by atoms with Gasteiger partial charge in [-0.1, -0.05) is 0 Å². The number of benzene rings is 1. The molecular formula is C23H29N3O6. The zero-order chi connectivity index (χ0) is 23.3. The Balaban J connectivity index is 1.78.